The molecule has 1 heterocycles. The summed E-state index contributed by atoms with van der Waals surface area (Å²) in [6, 6.07) is 0.495. The fourth-order valence-electron chi connectivity index (χ4n) is 2.15. The SMILES string of the molecule is CC[C@@H]1NC(=O)C[C@H]1C1CC1. The number of amides is 1. The molecule has 2 fully saturated rings. The molecule has 0 unspecified atom stereocenters. The van der Waals surface area contributed by atoms with E-state index in [0.29, 0.717) is 12.0 Å². The van der Waals surface area contributed by atoms with E-state index in [9.17, 15) is 4.79 Å². The Morgan fingerprint density at radius 2 is 2.27 bits per heavy atom. The number of hydrogen-bond acceptors (Lipinski definition) is 1. The molecule has 0 spiro atoms. The maximum atomic E-state index is 11.0. The van der Waals surface area contributed by atoms with Crippen LogP contribution < -0.4 is 5.32 Å². The fraction of sp³-hybridized carbons (Fsp3) is 0.889. The van der Waals surface area contributed by atoms with Gasteiger partial charge in [0.1, 0.15) is 0 Å². The number of carbonyl (C=O) groups is 1. The second kappa shape index (κ2) is 2.50. The van der Waals surface area contributed by atoms with E-state index in [1.807, 2.05) is 0 Å². The summed E-state index contributed by atoms with van der Waals surface area (Å²) in [5, 5.41) is 3.04. The van der Waals surface area contributed by atoms with Gasteiger partial charge in [0.25, 0.3) is 0 Å². The summed E-state index contributed by atoms with van der Waals surface area (Å²) in [5.41, 5.74) is 0. The van der Waals surface area contributed by atoms with E-state index in [4.69, 9.17) is 0 Å². The van der Waals surface area contributed by atoms with Crippen molar-refractivity contribution in [2.45, 2.75) is 38.6 Å². The van der Waals surface area contributed by atoms with E-state index in [1.54, 1.807) is 0 Å². The minimum atomic E-state index is 0.272. The third-order valence-electron chi connectivity index (χ3n) is 2.95. The molecule has 0 aromatic rings. The maximum Gasteiger partial charge on any atom is 0.220 e. The van der Waals surface area contributed by atoms with E-state index >= 15 is 0 Å². The summed E-state index contributed by atoms with van der Waals surface area (Å²) >= 11 is 0. The fourth-order valence-corrected chi connectivity index (χ4v) is 2.15. The van der Waals surface area contributed by atoms with Crippen LogP contribution in [0.3, 0.4) is 0 Å². The molecule has 62 valence electrons. The van der Waals surface area contributed by atoms with Crippen LogP contribution in [0.25, 0.3) is 0 Å². The topological polar surface area (TPSA) is 29.1 Å². The van der Waals surface area contributed by atoms with Crippen molar-refractivity contribution in [1.29, 1.82) is 0 Å². The van der Waals surface area contributed by atoms with Gasteiger partial charge >= 0.3 is 0 Å². The molecule has 1 aliphatic heterocycles. The highest BCUT2D eigenvalue weighted by Gasteiger charge is 2.41. The zero-order chi connectivity index (χ0) is 7.84. The lowest BCUT2D eigenvalue weighted by molar-refractivity contribution is -0.119. The van der Waals surface area contributed by atoms with Crippen LogP contribution in [0.4, 0.5) is 0 Å². The molecule has 0 aromatic carbocycles. The molecular weight excluding hydrogens is 138 g/mol. The van der Waals surface area contributed by atoms with Crippen LogP contribution in [-0.2, 0) is 4.79 Å². The first-order valence-electron chi connectivity index (χ1n) is 4.60. The standard InChI is InChI=1S/C9H15NO/c1-2-8-7(6-3-4-6)5-9(11)10-8/h6-8H,2-5H2,1H3,(H,10,11)/t7-,8-/m0/s1. The third kappa shape index (κ3) is 1.26. The molecular formula is C9H15NO. The van der Waals surface area contributed by atoms with Gasteiger partial charge in [0, 0.05) is 12.5 Å². The molecule has 2 atom stereocenters. The summed E-state index contributed by atoms with van der Waals surface area (Å²) in [6.45, 7) is 2.16. The molecule has 1 aliphatic carbocycles. The third-order valence-corrected chi connectivity index (χ3v) is 2.95. The Bertz CT molecular complexity index is 174. The van der Waals surface area contributed by atoms with Crippen molar-refractivity contribution in [2.24, 2.45) is 11.8 Å². The molecule has 1 saturated heterocycles. The Hall–Kier alpha value is -0.530. The van der Waals surface area contributed by atoms with Gasteiger partial charge in [0.05, 0.1) is 0 Å². The zero-order valence-electron chi connectivity index (χ0n) is 6.97. The van der Waals surface area contributed by atoms with Gasteiger partial charge in [-0.25, -0.2) is 0 Å². The first kappa shape index (κ1) is 7.14. The van der Waals surface area contributed by atoms with Crippen molar-refractivity contribution in [3.05, 3.63) is 0 Å². The minimum absolute atomic E-state index is 0.272. The molecule has 2 nitrogen and oxygen atoms in total. The van der Waals surface area contributed by atoms with Crippen LogP contribution in [0, 0.1) is 11.8 Å². The smallest absolute Gasteiger partial charge is 0.220 e. The summed E-state index contributed by atoms with van der Waals surface area (Å²) in [6.07, 6.45) is 4.61. The quantitative estimate of drug-likeness (QED) is 0.636. The van der Waals surface area contributed by atoms with Crippen molar-refractivity contribution in [3.63, 3.8) is 0 Å². The first-order valence-corrected chi connectivity index (χ1v) is 4.60. The van der Waals surface area contributed by atoms with Gasteiger partial charge in [0.15, 0.2) is 0 Å². The molecule has 2 aliphatic rings. The Morgan fingerprint density at radius 1 is 1.55 bits per heavy atom. The molecule has 1 amide bonds. The predicted octanol–water partition coefficient (Wildman–Crippen LogP) is 1.31. The van der Waals surface area contributed by atoms with Gasteiger partial charge in [-0.2, -0.15) is 0 Å². The highest BCUT2D eigenvalue weighted by Crippen LogP contribution is 2.42. The van der Waals surface area contributed by atoms with E-state index in [1.165, 1.54) is 12.8 Å². The Kier molecular flexibility index (Phi) is 1.63. The molecule has 2 rings (SSSR count). The highest BCUT2D eigenvalue weighted by atomic mass is 16.2. The van der Waals surface area contributed by atoms with E-state index in [0.717, 1.165) is 18.8 Å². The lowest BCUT2D eigenvalue weighted by Crippen LogP contribution is -2.28. The van der Waals surface area contributed by atoms with Crippen molar-refractivity contribution >= 4 is 5.91 Å². The normalized spacial score (nSPS) is 37.4. The van der Waals surface area contributed by atoms with Crippen molar-refractivity contribution < 1.29 is 4.79 Å². The van der Waals surface area contributed by atoms with Crippen molar-refractivity contribution in [1.82, 2.24) is 5.32 Å². The monoisotopic (exact) mass is 153 g/mol. The number of carbonyl (C=O) groups excluding carboxylic acids is 1. The number of rotatable bonds is 2. The van der Waals surface area contributed by atoms with E-state index in [-0.39, 0.29) is 5.91 Å². The van der Waals surface area contributed by atoms with Crippen LogP contribution in [0.15, 0.2) is 0 Å². The lowest BCUT2D eigenvalue weighted by Gasteiger charge is -2.15. The van der Waals surface area contributed by atoms with Crippen LogP contribution in [0.2, 0.25) is 0 Å². The summed E-state index contributed by atoms with van der Waals surface area (Å²) in [4.78, 5) is 11.0. The molecule has 1 saturated carbocycles. The van der Waals surface area contributed by atoms with Crippen molar-refractivity contribution in [2.75, 3.05) is 0 Å². The lowest BCUT2D eigenvalue weighted by atomic mass is 9.94. The number of nitrogens with one attached hydrogen (secondary N) is 1. The second-order valence-corrected chi connectivity index (χ2v) is 3.79. The first-order chi connectivity index (χ1) is 5.31. The Labute approximate surface area is 67.4 Å². The second-order valence-electron chi connectivity index (χ2n) is 3.79. The Morgan fingerprint density at radius 3 is 2.82 bits per heavy atom. The van der Waals surface area contributed by atoms with Crippen molar-refractivity contribution in [3.8, 4) is 0 Å². The predicted molar refractivity (Wildman–Crippen MR) is 43.1 cm³/mol. The van der Waals surface area contributed by atoms with Crippen LogP contribution in [0.1, 0.15) is 32.6 Å². The van der Waals surface area contributed by atoms with Gasteiger partial charge in [-0.15, -0.1) is 0 Å². The molecule has 2 heteroatoms. The molecule has 0 aromatic heterocycles. The van der Waals surface area contributed by atoms with Gasteiger partial charge in [-0.05, 0) is 31.1 Å². The minimum Gasteiger partial charge on any atom is -0.353 e. The van der Waals surface area contributed by atoms with Gasteiger partial charge in [-0.3, -0.25) is 4.79 Å². The molecule has 0 bridgehead atoms. The number of hydrogen-bond donors (Lipinski definition) is 1. The van der Waals surface area contributed by atoms with Crippen LogP contribution in [0.5, 0.6) is 0 Å². The van der Waals surface area contributed by atoms with Gasteiger partial charge < -0.3 is 5.32 Å². The Balaban J connectivity index is 2.00. The largest absolute Gasteiger partial charge is 0.353 e. The van der Waals surface area contributed by atoms with Gasteiger partial charge in [0.2, 0.25) is 5.91 Å². The van der Waals surface area contributed by atoms with Crippen LogP contribution >= 0.6 is 0 Å². The average Bonchev–Trinajstić information content (AvgIpc) is 2.75. The molecule has 1 N–H and O–H groups in total. The maximum absolute atomic E-state index is 11.0. The van der Waals surface area contributed by atoms with E-state index < -0.39 is 0 Å². The van der Waals surface area contributed by atoms with E-state index in [2.05, 4.69) is 12.2 Å². The highest BCUT2D eigenvalue weighted by molar-refractivity contribution is 5.79. The average molecular weight is 153 g/mol. The summed E-state index contributed by atoms with van der Waals surface area (Å²) in [7, 11) is 0. The molecule has 11 heavy (non-hydrogen) atoms. The zero-order valence-corrected chi connectivity index (χ0v) is 6.97. The summed E-state index contributed by atoms with van der Waals surface area (Å²) < 4.78 is 0. The summed E-state index contributed by atoms with van der Waals surface area (Å²) in [5.74, 6) is 1.82. The van der Waals surface area contributed by atoms with Crippen LogP contribution in [-0.4, -0.2) is 11.9 Å². The van der Waals surface area contributed by atoms with Gasteiger partial charge in [-0.1, -0.05) is 6.92 Å². The molecule has 0 radical (unpaired) electrons.